The Morgan fingerprint density at radius 2 is 1.85 bits per heavy atom. The topological polar surface area (TPSA) is 107 Å². The van der Waals surface area contributed by atoms with E-state index in [-0.39, 0.29) is 22.7 Å². The Morgan fingerprint density at radius 1 is 1.12 bits per heavy atom. The number of aromatic nitrogens is 2. The molecule has 10 heteroatoms. The summed E-state index contributed by atoms with van der Waals surface area (Å²) in [6.45, 7) is 3.56. The lowest BCUT2D eigenvalue weighted by molar-refractivity contribution is -0.384. The molecule has 0 radical (unpaired) electrons. The predicted octanol–water partition coefficient (Wildman–Crippen LogP) is 5.29. The molecule has 1 aromatic heterocycles. The maximum Gasteiger partial charge on any atom is 0.293 e. The molecular formula is C24H19ClN4O4S. The van der Waals surface area contributed by atoms with Crippen LogP contribution in [0.2, 0.25) is 5.02 Å². The van der Waals surface area contributed by atoms with Gasteiger partial charge in [-0.05, 0) is 49.2 Å². The summed E-state index contributed by atoms with van der Waals surface area (Å²) in [6.07, 6.45) is 0. The maximum atomic E-state index is 13.4. The van der Waals surface area contributed by atoms with E-state index < -0.39 is 10.8 Å². The molecule has 0 atom stereocenters. The van der Waals surface area contributed by atoms with Gasteiger partial charge in [0.05, 0.1) is 27.3 Å². The fraction of sp³-hybridized carbons (Fsp3) is 0.125. The lowest BCUT2D eigenvalue weighted by Crippen LogP contribution is -2.23. The van der Waals surface area contributed by atoms with Crippen LogP contribution in [0.3, 0.4) is 0 Å². The number of benzene rings is 3. The summed E-state index contributed by atoms with van der Waals surface area (Å²) in [4.78, 5) is 41.6. The highest BCUT2D eigenvalue weighted by atomic mass is 35.5. The molecule has 1 N–H and O–H groups in total. The van der Waals surface area contributed by atoms with E-state index in [0.29, 0.717) is 32.3 Å². The fourth-order valence-corrected chi connectivity index (χ4v) is 4.51. The smallest absolute Gasteiger partial charge is 0.293 e. The molecule has 0 aliphatic carbocycles. The van der Waals surface area contributed by atoms with Gasteiger partial charge in [0.25, 0.3) is 11.2 Å². The Balaban J connectivity index is 1.72. The Hall–Kier alpha value is -3.69. The standard InChI is InChI=1S/C24H19ClN4O4S/c1-14-6-3-4-8-19(14)28-23(31)17-11-10-16(25)12-18(17)26-24(28)34-13-21(30)27-22-15(2)7-5-9-20(22)29(32)33/h3-12H,13H2,1-2H3,(H,27,30). The van der Waals surface area contributed by atoms with Crippen molar-refractivity contribution in [2.45, 2.75) is 19.0 Å². The lowest BCUT2D eigenvalue weighted by Gasteiger charge is -2.15. The van der Waals surface area contributed by atoms with E-state index in [1.807, 2.05) is 25.1 Å². The normalized spacial score (nSPS) is 10.9. The number of aryl methyl sites for hydroxylation is 2. The first-order valence-corrected chi connectivity index (χ1v) is 11.6. The number of carbonyl (C=O) groups is 1. The first-order chi connectivity index (χ1) is 16.3. The SMILES string of the molecule is Cc1ccccc1-n1c(SCC(=O)Nc2c(C)cccc2[N+](=O)[O-])nc2cc(Cl)ccc2c1=O. The van der Waals surface area contributed by atoms with Crippen molar-refractivity contribution >= 4 is 51.5 Å². The number of hydrogen-bond donors (Lipinski definition) is 1. The van der Waals surface area contributed by atoms with E-state index >= 15 is 0 Å². The summed E-state index contributed by atoms with van der Waals surface area (Å²) in [6, 6.07) is 16.8. The van der Waals surface area contributed by atoms with Crippen molar-refractivity contribution in [2.24, 2.45) is 0 Å². The Bertz CT molecular complexity index is 1500. The van der Waals surface area contributed by atoms with Crippen LogP contribution >= 0.6 is 23.4 Å². The summed E-state index contributed by atoms with van der Waals surface area (Å²) >= 11 is 7.16. The molecule has 34 heavy (non-hydrogen) atoms. The average Bonchev–Trinajstić information content (AvgIpc) is 2.79. The summed E-state index contributed by atoms with van der Waals surface area (Å²) in [5.74, 6) is -0.574. The fourth-order valence-electron chi connectivity index (χ4n) is 3.53. The molecule has 0 aliphatic heterocycles. The van der Waals surface area contributed by atoms with E-state index in [0.717, 1.165) is 17.3 Å². The number of carbonyl (C=O) groups excluding carboxylic acids is 1. The zero-order valence-electron chi connectivity index (χ0n) is 18.2. The second-order valence-electron chi connectivity index (χ2n) is 7.55. The van der Waals surface area contributed by atoms with Gasteiger partial charge in [-0.1, -0.05) is 53.7 Å². The van der Waals surface area contributed by atoms with Crippen LogP contribution in [0.15, 0.2) is 70.6 Å². The number of rotatable bonds is 6. The van der Waals surface area contributed by atoms with Crippen molar-refractivity contribution in [2.75, 3.05) is 11.1 Å². The molecule has 1 heterocycles. The number of nitro groups is 1. The molecule has 0 saturated heterocycles. The second kappa shape index (κ2) is 9.66. The first kappa shape index (κ1) is 23.5. The van der Waals surface area contributed by atoms with Crippen LogP contribution in [0.1, 0.15) is 11.1 Å². The van der Waals surface area contributed by atoms with E-state index in [1.165, 1.54) is 10.6 Å². The Kier molecular flexibility index (Phi) is 6.67. The number of fused-ring (bicyclic) bond motifs is 1. The number of amides is 1. The van der Waals surface area contributed by atoms with Crippen molar-refractivity contribution in [3.05, 3.63) is 97.3 Å². The predicted molar refractivity (Wildman–Crippen MR) is 134 cm³/mol. The third kappa shape index (κ3) is 4.66. The highest BCUT2D eigenvalue weighted by Gasteiger charge is 2.20. The van der Waals surface area contributed by atoms with Crippen molar-refractivity contribution in [3.8, 4) is 5.69 Å². The molecule has 0 saturated carbocycles. The average molecular weight is 495 g/mol. The molecule has 0 spiro atoms. The van der Waals surface area contributed by atoms with E-state index in [4.69, 9.17) is 11.6 Å². The van der Waals surface area contributed by atoms with Gasteiger partial charge in [0.1, 0.15) is 5.69 Å². The van der Waals surface area contributed by atoms with Gasteiger partial charge >= 0.3 is 0 Å². The number of hydrogen-bond acceptors (Lipinski definition) is 6. The van der Waals surface area contributed by atoms with Crippen molar-refractivity contribution in [1.82, 2.24) is 9.55 Å². The first-order valence-electron chi connectivity index (χ1n) is 10.2. The van der Waals surface area contributed by atoms with Gasteiger partial charge in [-0.15, -0.1) is 0 Å². The number of anilines is 1. The van der Waals surface area contributed by atoms with Gasteiger partial charge < -0.3 is 5.32 Å². The highest BCUT2D eigenvalue weighted by molar-refractivity contribution is 7.99. The molecule has 4 rings (SSSR count). The van der Waals surface area contributed by atoms with E-state index in [9.17, 15) is 19.7 Å². The zero-order chi connectivity index (χ0) is 24.4. The molecule has 1 amide bonds. The van der Waals surface area contributed by atoms with Gasteiger partial charge in [0, 0.05) is 11.1 Å². The minimum absolute atomic E-state index is 0.115. The number of nitro benzene ring substituents is 1. The number of nitrogens with zero attached hydrogens (tertiary/aromatic N) is 3. The van der Waals surface area contributed by atoms with Gasteiger partial charge in [-0.3, -0.25) is 24.3 Å². The minimum Gasteiger partial charge on any atom is -0.319 e. The number of para-hydroxylation sites is 2. The van der Waals surface area contributed by atoms with Gasteiger partial charge in [-0.2, -0.15) is 0 Å². The molecule has 0 bridgehead atoms. The Labute approximate surface area is 203 Å². The van der Waals surface area contributed by atoms with Crippen molar-refractivity contribution in [3.63, 3.8) is 0 Å². The highest BCUT2D eigenvalue weighted by Crippen LogP contribution is 2.29. The van der Waals surface area contributed by atoms with Crippen LogP contribution in [0.5, 0.6) is 0 Å². The number of halogens is 1. The number of nitrogens with one attached hydrogen (secondary N) is 1. The number of thioether (sulfide) groups is 1. The van der Waals surface area contributed by atoms with E-state index in [1.54, 1.807) is 43.3 Å². The molecule has 4 aromatic rings. The largest absolute Gasteiger partial charge is 0.319 e. The molecular weight excluding hydrogens is 476 g/mol. The molecule has 0 aliphatic rings. The van der Waals surface area contributed by atoms with Crippen LogP contribution in [0, 0.1) is 24.0 Å². The Morgan fingerprint density at radius 3 is 2.59 bits per heavy atom. The van der Waals surface area contributed by atoms with Crippen molar-refractivity contribution in [1.29, 1.82) is 0 Å². The van der Waals surface area contributed by atoms with Crippen LogP contribution in [-0.4, -0.2) is 26.1 Å². The minimum atomic E-state index is -0.541. The van der Waals surface area contributed by atoms with Gasteiger partial charge in [-0.25, -0.2) is 4.98 Å². The molecule has 3 aromatic carbocycles. The summed E-state index contributed by atoms with van der Waals surface area (Å²) < 4.78 is 1.47. The van der Waals surface area contributed by atoms with Crippen molar-refractivity contribution < 1.29 is 9.72 Å². The third-order valence-corrected chi connectivity index (χ3v) is 6.37. The van der Waals surface area contributed by atoms with Crippen LogP contribution in [0.4, 0.5) is 11.4 Å². The lowest BCUT2D eigenvalue weighted by atomic mass is 10.1. The molecule has 172 valence electrons. The third-order valence-electron chi connectivity index (χ3n) is 5.20. The monoisotopic (exact) mass is 494 g/mol. The van der Waals surface area contributed by atoms with Gasteiger partial charge in [0.15, 0.2) is 5.16 Å². The quantitative estimate of drug-likeness (QED) is 0.169. The van der Waals surface area contributed by atoms with Crippen LogP contribution in [-0.2, 0) is 4.79 Å². The molecule has 0 fully saturated rings. The van der Waals surface area contributed by atoms with Gasteiger partial charge in [0.2, 0.25) is 5.91 Å². The summed E-state index contributed by atoms with van der Waals surface area (Å²) in [5, 5.41) is 15.1. The summed E-state index contributed by atoms with van der Waals surface area (Å²) in [7, 11) is 0. The summed E-state index contributed by atoms with van der Waals surface area (Å²) in [5.41, 5.74) is 2.17. The second-order valence-corrected chi connectivity index (χ2v) is 8.92. The molecule has 8 nitrogen and oxygen atoms in total. The zero-order valence-corrected chi connectivity index (χ0v) is 19.8. The van der Waals surface area contributed by atoms with E-state index in [2.05, 4.69) is 10.3 Å². The maximum absolute atomic E-state index is 13.4. The molecule has 0 unspecified atom stereocenters. The van der Waals surface area contributed by atoms with Crippen LogP contribution in [0.25, 0.3) is 16.6 Å². The van der Waals surface area contributed by atoms with Crippen LogP contribution < -0.4 is 10.9 Å².